The second-order valence-corrected chi connectivity index (χ2v) is 4.21. The molecule has 82 valence electrons. The molecule has 2 N–H and O–H groups in total. The molecule has 15 heavy (non-hydrogen) atoms. The summed E-state index contributed by atoms with van der Waals surface area (Å²) in [6.45, 7) is 2.75. The average Bonchev–Trinajstić information content (AvgIpc) is 2.29. The van der Waals surface area contributed by atoms with Crippen LogP contribution in [0.2, 0.25) is 5.28 Å². The van der Waals surface area contributed by atoms with Crippen molar-refractivity contribution in [1.29, 1.82) is 0 Å². The van der Waals surface area contributed by atoms with Gasteiger partial charge < -0.3 is 10.6 Å². The van der Waals surface area contributed by atoms with Gasteiger partial charge in [-0.1, -0.05) is 0 Å². The molecule has 0 radical (unpaired) electrons. The van der Waals surface area contributed by atoms with Gasteiger partial charge in [0.05, 0.1) is 0 Å². The normalized spacial score (nSPS) is 21.7. The summed E-state index contributed by atoms with van der Waals surface area (Å²) in [6.07, 6.45) is 4.08. The van der Waals surface area contributed by atoms with Gasteiger partial charge in [0.15, 0.2) is 0 Å². The van der Waals surface area contributed by atoms with E-state index in [1.165, 1.54) is 12.8 Å². The van der Waals surface area contributed by atoms with E-state index in [4.69, 9.17) is 17.3 Å². The van der Waals surface area contributed by atoms with Gasteiger partial charge >= 0.3 is 0 Å². The molecule has 2 heterocycles. The van der Waals surface area contributed by atoms with Gasteiger partial charge in [-0.05, 0) is 43.0 Å². The molecule has 5 heteroatoms. The van der Waals surface area contributed by atoms with Crippen LogP contribution in [0.15, 0.2) is 12.3 Å². The van der Waals surface area contributed by atoms with E-state index in [2.05, 4.69) is 14.9 Å². The Kier molecular flexibility index (Phi) is 3.38. The minimum absolute atomic E-state index is 0.308. The molecule has 0 saturated carbocycles. The maximum Gasteiger partial charge on any atom is 0.224 e. The molecule has 0 bridgehead atoms. The van der Waals surface area contributed by atoms with Crippen LogP contribution in [0.5, 0.6) is 0 Å². The minimum Gasteiger partial charge on any atom is -0.356 e. The van der Waals surface area contributed by atoms with E-state index < -0.39 is 0 Å². The second-order valence-electron chi connectivity index (χ2n) is 3.87. The van der Waals surface area contributed by atoms with E-state index in [1.54, 1.807) is 6.20 Å². The fraction of sp³-hybridized carbons (Fsp3) is 0.600. The van der Waals surface area contributed by atoms with Gasteiger partial charge in [-0.2, -0.15) is 0 Å². The maximum absolute atomic E-state index is 5.76. The summed E-state index contributed by atoms with van der Waals surface area (Å²) in [6, 6.07) is 1.89. The Labute approximate surface area is 94.5 Å². The van der Waals surface area contributed by atoms with E-state index in [1.807, 2.05) is 6.07 Å². The van der Waals surface area contributed by atoms with Crippen molar-refractivity contribution in [2.75, 3.05) is 24.5 Å². The van der Waals surface area contributed by atoms with Crippen molar-refractivity contribution in [3.8, 4) is 0 Å². The molecular weight excluding hydrogens is 212 g/mol. The van der Waals surface area contributed by atoms with Gasteiger partial charge in [-0.25, -0.2) is 9.97 Å². The zero-order chi connectivity index (χ0) is 10.7. The molecule has 1 unspecified atom stereocenters. The quantitative estimate of drug-likeness (QED) is 0.773. The van der Waals surface area contributed by atoms with E-state index in [-0.39, 0.29) is 0 Å². The Bertz CT molecular complexity index is 331. The van der Waals surface area contributed by atoms with Crippen molar-refractivity contribution in [3.05, 3.63) is 17.5 Å². The second kappa shape index (κ2) is 4.77. The zero-order valence-electron chi connectivity index (χ0n) is 8.56. The predicted molar refractivity (Wildman–Crippen MR) is 61.0 cm³/mol. The van der Waals surface area contributed by atoms with Gasteiger partial charge in [0.1, 0.15) is 5.82 Å². The topological polar surface area (TPSA) is 55.0 Å². The molecule has 2 rings (SSSR count). The lowest BCUT2D eigenvalue weighted by Crippen LogP contribution is -2.38. The molecule has 0 aromatic carbocycles. The number of halogens is 1. The lowest BCUT2D eigenvalue weighted by atomic mass is 9.98. The Morgan fingerprint density at radius 1 is 1.60 bits per heavy atom. The number of piperidine rings is 1. The summed E-state index contributed by atoms with van der Waals surface area (Å²) in [4.78, 5) is 10.3. The van der Waals surface area contributed by atoms with E-state index in [0.717, 1.165) is 25.5 Å². The first-order valence-corrected chi connectivity index (χ1v) is 5.61. The van der Waals surface area contributed by atoms with Gasteiger partial charge in [-0.3, -0.25) is 0 Å². The van der Waals surface area contributed by atoms with Crippen LogP contribution < -0.4 is 10.6 Å². The van der Waals surface area contributed by atoms with Crippen molar-refractivity contribution >= 4 is 17.4 Å². The van der Waals surface area contributed by atoms with Gasteiger partial charge in [-0.15, -0.1) is 0 Å². The molecule has 1 saturated heterocycles. The summed E-state index contributed by atoms with van der Waals surface area (Å²) in [5.41, 5.74) is 5.69. The first kappa shape index (κ1) is 10.6. The molecule has 1 atom stereocenters. The summed E-state index contributed by atoms with van der Waals surface area (Å²) < 4.78 is 0. The highest BCUT2D eigenvalue weighted by molar-refractivity contribution is 6.28. The van der Waals surface area contributed by atoms with Crippen LogP contribution in [0.25, 0.3) is 0 Å². The van der Waals surface area contributed by atoms with Crippen LogP contribution in [0.1, 0.15) is 12.8 Å². The smallest absolute Gasteiger partial charge is 0.224 e. The standard InChI is InChI=1S/C10H15ClN4/c11-10-13-4-3-9(14-10)15-5-1-2-8(6-12)7-15/h3-4,8H,1-2,5-7,12H2. The molecule has 1 aromatic rings. The van der Waals surface area contributed by atoms with Crippen molar-refractivity contribution in [1.82, 2.24) is 9.97 Å². The van der Waals surface area contributed by atoms with Crippen LogP contribution >= 0.6 is 11.6 Å². The molecule has 4 nitrogen and oxygen atoms in total. The van der Waals surface area contributed by atoms with E-state index >= 15 is 0 Å². The lowest BCUT2D eigenvalue weighted by molar-refractivity contribution is 0.421. The highest BCUT2D eigenvalue weighted by atomic mass is 35.5. The van der Waals surface area contributed by atoms with Crippen molar-refractivity contribution in [3.63, 3.8) is 0 Å². The fourth-order valence-electron chi connectivity index (χ4n) is 1.97. The molecule has 1 fully saturated rings. The molecule has 0 aliphatic carbocycles. The Hall–Kier alpha value is -0.870. The molecule has 0 amide bonds. The molecular formula is C10H15ClN4. The summed E-state index contributed by atoms with van der Waals surface area (Å²) in [7, 11) is 0. The lowest BCUT2D eigenvalue weighted by Gasteiger charge is -2.32. The van der Waals surface area contributed by atoms with Gasteiger partial charge in [0, 0.05) is 19.3 Å². The van der Waals surface area contributed by atoms with Crippen LogP contribution in [0, 0.1) is 5.92 Å². The van der Waals surface area contributed by atoms with Gasteiger partial charge in [0.25, 0.3) is 0 Å². The first-order valence-electron chi connectivity index (χ1n) is 5.23. The summed E-state index contributed by atoms with van der Waals surface area (Å²) in [5.74, 6) is 1.49. The number of nitrogens with zero attached hydrogens (tertiary/aromatic N) is 3. The zero-order valence-corrected chi connectivity index (χ0v) is 9.32. The third-order valence-electron chi connectivity index (χ3n) is 2.79. The van der Waals surface area contributed by atoms with Crippen LogP contribution in [-0.2, 0) is 0 Å². The third-order valence-corrected chi connectivity index (χ3v) is 2.97. The number of nitrogens with two attached hydrogens (primary N) is 1. The summed E-state index contributed by atoms with van der Waals surface area (Å²) >= 11 is 5.76. The molecule has 1 aliphatic rings. The van der Waals surface area contributed by atoms with Crippen molar-refractivity contribution < 1.29 is 0 Å². The SMILES string of the molecule is NCC1CCCN(c2ccnc(Cl)n2)C1. The maximum atomic E-state index is 5.76. The summed E-state index contributed by atoms with van der Waals surface area (Å²) in [5, 5.41) is 0.308. The van der Waals surface area contributed by atoms with Crippen molar-refractivity contribution in [2.45, 2.75) is 12.8 Å². The number of hydrogen-bond acceptors (Lipinski definition) is 4. The fourth-order valence-corrected chi connectivity index (χ4v) is 2.11. The van der Waals surface area contributed by atoms with Crippen LogP contribution in [0.4, 0.5) is 5.82 Å². The third kappa shape index (κ3) is 2.58. The average molecular weight is 227 g/mol. The number of anilines is 1. The Morgan fingerprint density at radius 3 is 3.20 bits per heavy atom. The predicted octanol–water partition coefficient (Wildman–Crippen LogP) is 1.31. The number of aromatic nitrogens is 2. The Morgan fingerprint density at radius 2 is 2.47 bits per heavy atom. The first-order chi connectivity index (χ1) is 7.29. The van der Waals surface area contributed by atoms with Crippen LogP contribution in [-0.4, -0.2) is 29.6 Å². The Balaban J connectivity index is 2.09. The minimum atomic E-state index is 0.308. The van der Waals surface area contributed by atoms with Crippen molar-refractivity contribution in [2.24, 2.45) is 11.7 Å². The van der Waals surface area contributed by atoms with Gasteiger partial charge in [0.2, 0.25) is 5.28 Å². The van der Waals surface area contributed by atoms with E-state index in [9.17, 15) is 0 Å². The van der Waals surface area contributed by atoms with Crippen LogP contribution in [0.3, 0.4) is 0 Å². The highest BCUT2D eigenvalue weighted by Crippen LogP contribution is 2.21. The highest BCUT2D eigenvalue weighted by Gasteiger charge is 2.19. The molecule has 1 aliphatic heterocycles. The number of rotatable bonds is 2. The molecule has 0 spiro atoms. The largest absolute Gasteiger partial charge is 0.356 e. The number of hydrogen-bond donors (Lipinski definition) is 1. The monoisotopic (exact) mass is 226 g/mol. The molecule has 1 aromatic heterocycles. The van der Waals surface area contributed by atoms with E-state index in [0.29, 0.717) is 11.2 Å².